The van der Waals surface area contributed by atoms with Crippen molar-refractivity contribution in [1.29, 1.82) is 0 Å². The SMILES string of the molecule is O[C@]1(c2ccccc2)CCCN[C@@H]1Cc1ccccc1. The Kier molecular flexibility index (Phi) is 3.86. The first-order chi connectivity index (χ1) is 9.79. The minimum atomic E-state index is -0.769. The van der Waals surface area contributed by atoms with Crippen molar-refractivity contribution in [3.8, 4) is 0 Å². The Hall–Kier alpha value is -1.64. The van der Waals surface area contributed by atoms with Crippen molar-refractivity contribution in [2.24, 2.45) is 0 Å². The van der Waals surface area contributed by atoms with E-state index in [2.05, 4.69) is 29.6 Å². The molecule has 1 fully saturated rings. The second-order valence-electron chi connectivity index (χ2n) is 5.59. The van der Waals surface area contributed by atoms with Gasteiger partial charge in [0.05, 0.1) is 0 Å². The lowest BCUT2D eigenvalue weighted by molar-refractivity contribution is -0.0287. The fraction of sp³-hybridized carbons (Fsp3) is 0.333. The summed E-state index contributed by atoms with van der Waals surface area (Å²) in [5.41, 5.74) is 1.52. The summed E-state index contributed by atoms with van der Waals surface area (Å²) >= 11 is 0. The fourth-order valence-corrected chi connectivity index (χ4v) is 3.14. The molecule has 0 bridgehead atoms. The zero-order valence-electron chi connectivity index (χ0n) is 11.6. The van der Waals surface area contributed by atoms with Crippen LogP contribution in [0.2, 0.25) is 0 Å². The summed E-state index contributed by atoms with van der Waals surface area (Å²) in [5.74, 6) is 0. The standard InChI is InChI=1S/C18H21NO/c20-18(16-10-5-2-6-11-16)12-7-13-19-17(18)14-15-8-3-1-4-9-15/h1-6,8-11,17,19-20H,7,12-14H2/t17-,18+/m1/s1. The predicted molar refractivity (Wildman–Crippen MR) is 81.5 cm³/mol. The third kappa shape index (κ3) is 2.62. The third-order valence-corrected chi connectivity index (χ3v) is 4.26. The zero-order chi connectivity index (χ0) is 13.8. The highest BCUT2D eigenvalue weighted by Gasteiger charge is 2.40. The summed E-state index contributed by atoms with van der Waals surface area (Å²) in [6.07, 6.45) is 2.68. The van der Waals surface area contributed by atoms with E-state index in [0.717, 1.165) is 31.4 Å². The number of piperidine rings is 1. The molecule has 0 radical (unpaired) electrons. The number of nitrogens with one attached hydrogen (secondary N) is 1. The maximum absolute atomic E-state index is 11.2. The molecule has 2 aromatic carbocycles. The molecule has 2 atom stereocenters. The highest BCUT2D eigenvalue weighted by atomic mass is 16.3. The van der Waals surface area contributed by atoms with E-state index in [9.17, 15) is 5.11 Å². The molecule has 2 aromatic rings. The van der Waals surface area contributed by atoms with E-state index in [4.69, 9.17) is 0 Å². The van der Waals surface area contributed by atoms with E-state index in [1.165, 1.54) is 5.56 Å². The first kappa shape index (κ1) is 13.3. The maximum atomic E-state index is 11.2. The average molecular weight is 267 g/mol. The maximum Gasteiger partial charge on any atom is 0.105 e. The first-order valence-corrected chi connectivity index (χ1v) is 7.34. The molecule has 2 nitrogen and oxygen atoms in total. The van der Waals surface area contributed by atoms with Crippen LogP contribution in [0.3, 0.4) is 0 Å². The lowest BCUT2D eigenvalue weighted by Gasteiger charge is -2.41. The average Bonchev–Trinajstić information content (AvgIpc) is 2.52. The van der Waals surface area contributed by atoms with Gasteiger partial charge in [-0.1, -0.05) is 60.7 Å². The van der Waals surface area contributed by atoms with Crippen LogP contribution in [0.1, 0.15) is 24.0 Å². The summed E-state index contributed by atoms with van der Waals surface area (Å²) in [4.78, 5) is 0. The molecule has 3 rings (SSSR count). The molecule has 0 spiro atoms. The van der Waals surface area contributed by atoms with Crippen LogP contribution in [0.5, 0.6) is 0 Å². The summed E-state index contributed by atoms with van der Waals surface area (Å²) < 4.78 is 0. The van der Waals surface area contributed by atoms with E-state index in [-0.39, 0.29) is 6.04 Å². The predicted octanol–water partition coefficient (Wildman–Crippen LogP) is 2.87. The van der Waals surface area contributed by atoms with Crippen molar-refractivity contribution >= 4 is 0 Å². The van der Waals surface area contributed by atoms with Crippen molar-refractivity contribution in [3.63, 3.8) is 0 Å². The van der Waals surface area contributed by atoms with Gasteiger partial charge in [0.25, 0.3) is 0 Å². The van der Waals surface area contributed by atoms with Crippen LogP contribution in [-0.2, 0) is 12.0 Å². The minimum Gasteiger partial charge on any atom is -0.384 e. The minimum absolute atomic E-state index is 0.0704. The van der Waals surface area contributed by atoms with Crippen molar-refractivity contribution in [2.75, 3.05) is 6.54 Å². The van der Waals surface area contributed by atoms with Crippen LogP contribution < -0.4 is 5.32 Å². The van der Waals surface area contributed by atoms with Gasteiger partial charge in [-0.05, 0) is 36.9 Å². The Labute approximate surface area is 120 Å². The quantitative estimate of drug-likeness (QED) is 0.896. The number of benzene rings is 2. The Bertz CT molecular complexity index is 540. The molecule has 1 heterocycles. The molecule has 1 aliphatic heterocycles. The monoisotopic (exact) mass is 267 g/mol. The molecule has 0 aromatic heterocycles. The molecule has 0 unspecified atom stereocenters. The molecule has 2 heteroatoms. The molecule has 104 valence electrons. The van der Waals surface area contributed by atoms with Crippen LogP contribution in [0.25, 0.3) is 0 Å². The molecule has 0 amide bonds. The van der Waals surface area contributed by atoms with Gasteiger partial charge in [-0.3, -0.25) is 0 Å². The lowest BCUT2D eigenvalue weighted by Crippen LogP contribution is -2.53. The molecule has 0 aliphatic carbocycles. The van der Waals surface area contributed by atoms with E-state index in [1.807, 2.05) is 36.4 Å². The number of aliphatic hydroxyl groups is 1. The van der Waals surface area contributed by atoms with Gasteiger partial charge in [-0.2, -0.15) is 0 Å². The summed E-state index contributed by atoms with van der Waals surface area (Å²) in [6.45, 7) is 0.979. The number of hydrogen-bond donors (Lipinski definition) is 2. The van der Waals surface area contributed by atoms with Crippen molar-refractivity contribution in [3.05, 3.63) is 71.8 Å². The summed E-state index contributed by atoms with van der Waals surface area (Å²) in [5, 5.41) is 14.7. The number of hydrogen-bond acceptors (Lipinski definition) is 2. The van der Waals surface area contributed by atoms with Gasteiger partial charge in [-0.15, -0.1) is 0 Å². The zero-order valence-corrected chi connectivity index (χ0v) is 11.6. The Morgan fingerprint density at radius 3 is 2.35 bits per heavy atom. The van der Waals surface area contributed by atoms with E-state index >= 15 is 0 Å². The number of rotatable bonds is 3. The first-order valence-electron chi connectivity index (χ1n) is 7.34. The van der Waals surface area contributed by atoms with Crippen LogP contribution in [0.15, 0.2) is 60.7 Å². The van der Waals surface area contributed by atoms with Crippen molar-refractivity contribution in [1.82, 2.24) is 5.32 Å². The molecule has 1 saturated heterocycles. The van der Waals surface area contributed by atoms with Gasteiger partial charge >= 0.3 is 0 Å². The van der Waals surface area contributed by atoms with Gasteiger partial charge < -0.3 is 10.4 Å². The smallest absolute Gasteiger partial charge is 0.105 e. The van der Waals surface area contributed by atoms with Crippen LogP contribution in [-0.4, -0.2) is 17.7 Å². The second-order valence-corrected chi connectivity index (χ2v) is 5.59. The normalized spacial score (nSPS) is 26.4. The van der Waals surface area contributed by atoms with Gasteiger partial charge in [0, 0.05) is 6.04 Å². The van der Waals surface area contributed by atoms with Crippen LogP contribution in [0.4, 0.5) is 0 Å². The molecular weight excluding hydrogens is 246 g/mol. The molecule has 0 saturated carbocycles. The van der Waals surface area contributed by atoms with Crippen molar-refractivity contribution in [2.45, 2.75) is 30.9 Å². The molecule has 2 N–H and O–H groups in total. The molecule has 20 heavy (non-hydrogen) atoms. The molecular formula is C18H21NO. The van der Waals surface area contributed by atoms with E-state index < -0.39 is 5.60 Å². The van der Waals surface area contributed by atoms with Crippen LogP contribution in [0, 0.1) is 0 Å². The summed E-state index contributed by atoms with van der Waals surface area (Å²) in [7, 11) is 0. The van der Waals surface area contributed by atoms with Gasteiger partial charge in [0.15, 0.2) is 0 Å². The van der Waals surface area contributed by atoms with Gasteiger partial charge in [-0.25, -0.2) is 0 Å². The highest BCUT2D eigenvalue weighted by molar-refractivity contribution is 5.27. The highest BCUT2D eigenvalue weighted by Crippen LogP contribution is 2.34. The largest absolute Gasteiger partial charge is 0.384 e. The van der Waals surface area contributed by atoms with Gasteiger partial charge in [0.1, 0.15) is 5.60 Å². The second kappa shape index (κ2) is 5.78. The lowest BCUT2D eigenvalue weighted by atomic mass is 9.77. The Morgan fingerprint density at radius 2 is 1.65 bits per heavy atom. The van der Waals surface area contributed by atoms with Crippen molar-refractivity contribution < 1.29 is 5.11 Å². The van der Waals surface area contributed by atoms with Crippen LogP contribution >= 0.6 is 0 Å². The van der Waals surface area contributed by atoms with E-state index in [1.54, 1.807) is 0 Å². The topological polar surface area (TPSA) is 32.3 Å². The third-order valence-electron chi connectivity index (χ3n) is 4.26. The molecule has 1 aliphatic rings. The van der Waals surface area contributed by atoms with E-state index in [0.29, 0.717) is 0 Å². The van der Waals surface area contributed by atoms with Gasteiger partial charge in [0.2, 0.25) is 0 Å². The summed E-state index contributed by atoms with van der Waals surface area (Å²) in [6, 6.07) is 20.5. The Morgan fingerprint density at radius 1 is 1.00 bits per heavy atom. The Balaban J connectivity index is 1.87. The fourth-order valence-electron chi connectivity index (χ4n) is 3.14.